The van der Waals surface area contributed by atoms with Gasteiger partial charge in [-0.25, -0.2) is 19.9 Å². The average Bonchev–Trinajstić information content (AvgIpc) is 3.81. The smallest absolute Gasteiger partial charge is 0.227 e. The van der Waals surface area contributed by atoms with Crippen molar-refractivity contribution in [1.82, 2.24) is 19.9 Å². The van der Waals surface area contributed by atoms with Gasteiger partial charge in [0.15, 0.2) is 23.1 Å². The lowest BCUT2D eigenvalue weighted by molar-refractivity contribution is 0.622. The zero-order chi connectivity index (χ0) is 33.0. The van der Waals surface area contributed by atoms with E-state index in [2.05, 4.69) is 54.6 Å². The molecule has 10 rings (SSSR count). The Kier molecular flexibility index (Phi) is 6.39. The molecular weight excluding hydrogens is 617 g/mol. The quantitative estimate of drug-likeness (QED) is 0.186. The Morgan fingerprint density at radius 3 is 1.62 bits per heavy atom. The Bertz CT molecular complexity index is 2840. The minimum atomic E-state index is 0.575. The van der Waals surface area contributed by atoms with Crippen molar-refractivity contribution in [3.63, 3.8) is 0 Å². The zero-order valence-electron chi connectivity index (χ0n) is 26.6. The predicted octanol–water partition coefficient (Wildman–Crippen LogP) is 11.4. The third-order valence-corrected chi connectivity index (χ3v) is 9.19. The molecule has 6 nitrogen and oxygen atoms in total. The van der Waals surface area contributed by atoms with Crippen molar-refractivity contribution < 1.29 is 8.83 Å². The van der Waals surface area contributed by atoms with Crippen LogP contribution in [0.3, 0.4) is 0 Å². The molecule has 0 aliphatic heterocycles. The molecule has 0 N–H and O–H groups in total. The molecule has 0 saturated carbocycles. The highest BCUT2D eigenvalue weighted by Gasteiger charge is 2.20. The predicted molar refractivity (Wildman–Crippen MR) is 199 cm³/mol. The van der Waals surface area contributed by atoms with Gasteiger partial charge in [0.1, 0.15) is 16.7 Å². The first-order chi connectivity index (χ1) is 24.8. The van der Waals surface area contributed by atoms with Gasteiger partial charge in [0.25, 0.3) is 0 Å². The number of fused-ring (bicyclic) bond motifs is 7. The number of benzene rings is 7. The van der Waals surface area contributed by atoms with E-state index in [1.165, 1.54) is 0 Å². The van der Waals surface area contributed by atoms with Crippen LogP contribution in [0.25, 0.3) is 101 Å². The number of rotatable bonds is 5. The highest BCUT2D eigenvalue weighted by Crippen LogP contribution is 2.42. The molecule has 0 radical (unpaired) electrons. The van der Waals surface area contributed by atoms with Gasteiger partial charge in [-0.15, -0.1) is 0 Å². The number of oxazole rings is 1. The van der Waals surface area contributed by atoms with E-state index in [-0.39, 0.29) is 0 Å². The summed E-state index contributed by atoms with van der Waals surface area (Å²) in [6.07, 6.45) is 0. The summed E-state index contributed by atoms with van der Waals surface area (Å²) in [5.74, 6) is 2.39. The van der Waals surface area contributed by atoms with Crippen LogP contribution >= 0.6 is 0 Å². The molecule has 0 unspecified atom stereocenters. The summed E-state index contributed by atoms with van der Waals surface area (Å²) in [6, 6.07) is 53.0. The summed E-state index contributed by atoms with van der Waals surface area (Å²) in [4.78, 5) is 20.0. The maximum absolute atomic E-state index is 6.46. The second-order valence-electron chi connectivity index (χ2n) is 12.2. The van der Waals surface area contributed by atoms with Crippen molar-refractivity contribution in [2.75, 3.05) is 0 Å². The van der Waals surface area contributed by atoms with Crippen LogP contribution in [0.1, 0.15) is 0 Å². The first-order valence-corrected chi connectivity index (χ1v) is 16.5. The molecule has 0 aliphatic carbocycles. The molecule has 0 amide bonds. The highest BCUT2D eigenvalue weighted by atomic mass is 16.4. The van der Waals surface area contributed by atoms with Crippen molar-refractivity contribution in [2.24, 2.45) is 0 Å². The molecule has 6 heteroatoms. The molecular formula is C44H26N4O2. The van der Waals surface area contributed by atoms with Crippen molar-refractivity contribution >= 4 is 43.8 Å². The average molecular weight is 643 g/mol. The van der Waals surface area contributed by atoms with Crippen LogP contribution in [0.15, 0.2) is 167 Å². The van der Waals surface area contributed by atoms with Crippen LogP contribution in [0, 0.1) is 0 Å². The topological polar surface area (TPSA) is 77.8 Å². The second kappa shape index (κ2) is 11.4. The van der Waals surface area contributed by atoms with Crippen molar-refractivity contribution in [3.05, 3.63) is 158 Å². The van der Waals surface area contributed by atoms with Gasteiger partial charge in [-0.2, -0.15) is 0 Å². The van der Waals surface area contributed by atoms with E-state index < -0.39 is 0 Å². The fourth-order valence-electron chi connectivity index (χ4n) is 6.78. The Balaban J connectivity index is 1.17. The molecule has 0 atom stereocenters. The van der Waals surface area contributed by atoms with Crippen LogP contribution in [0.4, 0.5) is 0 Å². The largest absolute Gasteiger partial charge is 0.456 e. The molecule has 3 aromatic heterocycles. The fraction of sp³-hybridized carbons (Fsp3) is 0. The first-order valence-electron chi connectivity index (χ1n) is 16.5. The summed E-state index contributed by atoms with van der Waals surface area (Å²) in [7, 11) is 0. The third kappa shape index (κ3) is 4.65. The van der Waals surface area contributed by atoms with Crippen LogP contribution < -0.4 is 0 Å². The molecule has 0 spiro atoms. The van der Waals surface area contributed by atoms with Gasteiger partial charge in [0.2, 0.25) is 5.89 Å². The lowest BCUT2D eigenvalue weighted by Gasteiger charge is -2.11. The van der Waals surface area contributed by atoms with E-state index in [9.17, 15) is 0 Å². The number of hydrogen-bond donors (Lipinski definition) is 0. The second-order valence-corrected chi connectivity index (χ2v) is 12.2. The highest BCUT2D eigenvalue weighted by molar-refractivity contribution is 6.26. The summed E-state index contributed by atoms with van der Waals surface area (Å²) >= 11 is 0. The Labute approximate surface area is 286 Å². The molecule has 0 aliphatic rings. The van der Waals surface area contributed by atoms with E-state index in [0.717, 1.165) is 71.6 Å². The summed E-state index contributed by atoms with van der Waals surface area (Å²) < 4.78 is 12.9. The molecule has 3 heterocycles. The molecule has 10 aromatic rings. The van der Waals surface area contributed by atoms with Crippen molar-refractivity contribution in [2.45, 2.75) is 0 Å². The van der Waals surface area contributed by atoms with Crippen LogP contribution in [-0.4, -0.2) is 19.9 Å². The molecule has 234 valence electrons. The standard InChI is InChI=1S/C44H26N4O2/c1-4-11-27(12-5-1)28-19-21-30(22-20-28)42-46-41(29-13-6-2-7-14-29)47-43(48-42)34-18-10-17-33-32(34)23-25-36-38(33)39-37(49-36)26-24-35-40(39)50-44(45-35)31-15-8-3-9-16-31/h1-26H. The third-order valence-electron chi connectivity index (χ3n) is 9.19. The van der Waals surface area contributed by atoms with E-state index >= 15 is 0 Å². The van der Waals surface area contributed by atoms with Crippen LogP contribution in [0.5, 0.6) is 0 Å². The van der Waals surface area contributed by atoms with Crippen LogP contribution in [-0.2, 0) is 0 Å². The first kappa shape index (κ1) is 28.1. The van der Waals surface area contributed by atoms with Gasteiger partial charge in [-0.1, -0.05) is 121 Å². The van der Waals surface area contributed by atoms with Crippen LogP contribution in [0.2, 0.25) is 0 Å². The number of aromatic nitrogens is 4. The van der Waals surface area contributed by atoms with E-state index in [1.807, 2.05) is 103 Å². The van der Waals surface area contributed by atoms with Crippen molar-refractivity contribution in [1.29, 1.82) is 0 Å². The Hall–Kier alpha value is -6.92. The van der Waals surface area contributed by atoms with Gasteiger partial charge in [-0.3, -0.25) is 0 Å². The number of hydrogen-bond acceptors (Lipinski definition) is 6. The normalized spacial score (nSPS) is 11.6. The fourth-order valence-corrected chi connectivity index (χ4v) is 6.78. The Morgan fingerprint density at radius 1 is 0.340 bits per heavy atom. The SMILES string of the molecule is c1ccc(-c2ccc(-c3nc(-c4ccccc4)nc(-c4cccc5c4ccc4oc6ccc7nc(-c8ccccc8)oc7c6c45)n3)cc2)cc1. The van der Waals surface area contributed by atoms with Gasteiger partial charge in [-0.05, 0) is 58.3 Å². The number of furan rings is 1. The monoisotopic (exact) mass is 642 g/mol. The molecule has 0 fully saturated rings. The maximum atomic E-state index is 6.46. The van der Waals surface area contributed by atoms with E-state index in [1.54, 1.807) is 0 Å². The Morgan fingerprint density at radius 2 is 0.900 bits per heavy atom. The molecule has 0 bridgehead atoms. The van der Waals surface area contributed by atoms with Gasteiger partial charge < -0.3 is 8.83 Å². The summed E-state index contributed by atoms with van der Waals surface area (Å²) in [5, 5.41) is 3.88. The van der Waals surface area contributed by atoms with Gasteiger partial charge in [0.05, 0.1) is 5.39 Å². The lowest BCUT2D eigenvalue weighted by Crippen LogP contribution is -2.00. The summed E-state index contributed by atoms with van der Waals surface area (Å²) in [6.45, 7) is 0. The summed E-state index contributed by atoms with van der Waals surface area (Å²) in [5.41, 5.74) is 8.94. The maximum Gasteiger partial charge on any atom is 0.227 e. The molecule has 7 aromatic carbocycles. The van der Waals surface area contributed by atoms with Gasteiger partial charge >= 0.3 is 0 Å². The zero-order valence-corrected chi connectivity index (χ0v) is 26.6. The minimum absolute atomic E-state index is 0.575. The molecule has 50 heavy (non-hydrogen) atoms. The van der Waals surface area contributed by atoms with Crippen molar-refractivity contribution in [3.8, 4) is 56.7 Å². The van der Waals surface area contributed by atoms with E-state index in [4.69, 9.17) is 28.8 Å². The van der Waals surface area contributed by atoms with Gasteiger partial charge in [0, 0.05) is 27.6 Å². The number of nitrogens with zero attached hydrogens (tertiary/aromatic N) is 4. The minimum Gasteiger partial charge on any atom is -0.456 e. The van der Waals surface area contributed by atoms with E-state index in [0.29, 0.717) is 28.9 Å². The lowest BCUT2D eigenvalue weighted by atomic mass is 9.99. The molecule has 0 saturated heterocycles.